The molecule has 0 radical (unpaired) electrons. The number of aliphatic imine (C=N–C) groups is 1. The number of aromatic hydroxyl groups is 1. The van der Waals surface area contributed by atoms with Crippen molar-refractivity contribution < 1.29 is 9.90 Å². The van der Waals surface area contributed by atoms with Gasteiger partial charge in [0, 0.05) is 10.0 Å². The third-order valence-corrected chi connectivity index (χ3v) is 3.39. The average molecular weight is 268 g/mol. The molecule has 1 N–H and O–H groups in total. The van der Waals surface area contributed by atoms with Crippen LogP contribution in [-0.2, 0) is 10.3 Å². The largest absolute Gasteiger partial charge is 0.508 e. The molecule has 0 aliphatic heterocycles. The van der Waals surface area contributed by atoms with Crippen LogP contribution in [0.3, 0.4) is 0 Å². The Bertz CT molecular complexity index is 434. The molecule has 0 unspecified atom stereocenters. The SMILES string of the molecule is O=C=NC1(c2ccc(Br)cc2O)CCC1. The van der Waals surface area contributed by atoms with E-state index in [0.717, 1.165) is 29.3 Å². The summed E-state index contributed by atoms with van der Waals surface area (Å²) in [6.07, 6.45) is 4.24. The molecule has 2 rings (SSSR count). The zero-order valence-corrected chi connectivity index (χ0v) is 9.62. The number of nitrogens with zero attached hydrogens (tertiary/aromatic N) is 1. The molecule has 0 saturated heterocycles. The van der Waals surface area contributed by atoms with E-state index in [4.69, 9.17) is 0 Å². The highest BCUT2D eigenvalue weighted by Gasteiger charge is 2.40. The molecule has 15 heavy (non-hydrogen) atoms. The zero-order valence-electron chi connectivity index (χ0n) is 8.03. The van der Waals surface area contributed by atoms with Gasteiger partial charge in [0.25, 0.3) is 0 Å². The smallest absolute Gasteiger partial charge is 0.235 e. The number of phenols is 1. The van der Waals surface area contributed by atoms with Crippen molar-refractivity contribution in [3.63, 3.8) is 0 Å². The first-order valence-electron chi connectivity index (χ1n) is 4.76. The number of rotatable bonds is 2. The van der Waals surface area contributed by atoms with Crippen molar-refractivity contribution in [2.24, 2.45) is 4.99 Å². The minimum atomic E-state index is -0.521. The van der Waals surface area contributed by atoms with E-state index in [0.29, 0.717) is 0 Å². The van der Waals surface area contributed by atoms with Crippen LogP contribution in [0.1, 0.15) is 24.8 Å². The Labute approximate surface area is 96.0 Å². The molecule has 4 heteroatoms. The number of phenolic OH excluding ortho intramolecular Hbond substituents is 1. The molecule has 0 aromatic heterocycles. The fraction of sp³-hybridized carbons (Fsp3) is 0.364. The standard InChI is InChI=1S/C11H10BrNO2/c12-8-2-3-9(10(15)6-8)11(13-7-14)4-1-5-11/h2-3,6,15H,1,4-5H2. The lowest BCUT2D eigenvalue weighted by molar-refractivity contribution is 0.248. The Balaban J connectivity index is 2.47. The summed E-state index contributed by atoms with van der Waals surface area (Å²) >= 11 is 3.27. The maximum absolute atomic E-state index is 10.4. The lowest BCUT2D eigenvalue weighted by Crippen LogP contribution is -2.31. The van der Waals surface area contributed by atoms with E-state index >= 15 is 0 Å². The van der Waals surface area contributed by atoms with Crippen molar-refractivity contribution in [1.82, 2.24) is 0 Å². The Kier molecular flexibility index (Phi) is 2.63. The maximum Gasteiger partial charge on any atom is 0.235 e. The lowest BCUT2D eigenvalue weighted by atomic mass is 9.72. The van der Waals surface area contributed by atoms with Crippen molar-refractivity contribution in [3.05, 3.63) is 28.2 Å². The molecule has 1 aliphatic carbocycles. The molecule has 0 heterocycles. The van der Waals surface area contributed by atoms with Crippen LogP contribution in [0.5, 0.6) is 5.75 Å². The van der Waals surface area contributed by atoms with Crippen molar-refractivity contribution >= 4 is 22.0 Å². The Morgan fingerprint density at radius 3 is 2.67 bits per heavy atom. The van der Waals surface area contributed by atoms with E-state index in [1.54, 1.807) is 18.2 Å². The summed E-state index contributed by atoms with van der Waals surface area (Å²) in [5.74, 6) is 0.183. The number of benzene rings is 1. The second-order valence-corrected chi connectivity index (χ2v) is 4.67. The molecular weight excluding hydrogens is 258 g/mol. The first-order valence-corrected chi connectivity index (χ1v) is 5.55. The second kappa shape index (κ2) is 3.80. The van der Waals surface area contributed by atoms with Gasteiger partial charge < -0.3 is 5.11 Å². The number of isocyanates is 1. The van der Waals surface area contributed by atoms with Gasteiger partial charge >= 0.3 is 0 Å². The molecule has 0 bridgehead atoms. The predicted octanol–water partition coefficient (Wildman–Crippen LogP) is 2.87. The molecule has 0 spiro atoms. The van der Waals surface area contributed by atoms with Crippen LogP contribution in [0.15, 0.2) is 27.7 Å². The number of carbonyl (C=O) groups excluding carboxylic acids is 1. The van der Waals surface area contributed by atoms with Gasteiger partial charge in [0.05, 0.1) is 0 Å². The van der Waals surface area contributed by atoms with Crippen molar-refractivity contribution in [1.29, 1.82) is 0 Å². The van der Waals surface area contributed by atoms with Gasteiger partial charge in [0.2, 0.25) is 6.08 Å². The third-order valence-electron chi connectivity index (χ3n) is 2.90. The van der Waals surface area contributed by atoms with Crippen molar-refractivity contribution in [2.45, 2.75) is 24.8 Å². The van der Waals surface area contributed by atoms with E-state index < -0.39 is 5.54 Å². The summed E-state index contributed by atoms with van der Waals surface area (Å²) in [5, 5.41) is 9.80. The quantitative estimate of drug-likeness (QED) is 0.662. The highest BCUT2D eigenvalue weighted by atomic mass is 79.9. The Hall–Kier alpha value is -1.12. The first-order chi connectivity index (χ1) is 7.18. The lowest BCUT2D eigenvalue weighted by Gasteiger charge is -2.37. The Morgan fingerprint density at radius 1 is 1.47 bits per heavy atom. The van der Waals surface area contributed by atoms with Crippen LogP contribution in [0.25, 0.3) is 0 Å². The van der Waals surface area contributed by atoms with Crippen molar-refractivity contribution in [3.8, 4) is 5.75 Å². The minimum Gasteiger partial charge on any atom is -0.508 e. The van der Waals surface area contributed by atoms with E-state index in [9.17, 15) is 9.90 Å². The topological polar surface area (TPSA) is 49.7 Å². The van der Waals surface area contributed by atoms with Crippen LogP contribution >= 0.6 is 15.9 Å². The van der Waals surface area contributed by atoms with Gasteiger partial charge in [-0.15, -0.1) is 0 Å². The van der Waals surface area contributed by atoms with Gasteiger partial charge in [-0.05, 0) is 31.4 Å². The van der Waals surface area contributed by atoms with Gasteiger partial charge in [-0.3, -0.25) is 0 Å². The van der Waals surface area contributed by atoms with E-state index in [2.05, 4.69) is 20.9 Å². The van der Waals surface area contributed by atoms with E-state index in [1.807, 2.05) is 6.07 Å². The minimum absolute atomic E-state index is 0.183. The molecule has 3 nitrogen and oxygen atoms in total. The average Bonchev–Trinajstić information content (AvgIpc) is 2.12. The van der Waals surface area contributed by atoms with Crippen LogP contribution in [0.2, 0.25) is 0 Å². The summed E-state index contributed by atoms with van der Waals surface area (Å²) in [6, 6.07) is 5.27. The maximum atomic E-state index is 10.4. The molecule has 0 atom stereocenters. The van der Waals surface area contributed by atoms with Crippen LogP contribution < -0.4 is 0 Å². The van der Waals surface area contributed by atoms with Crippen LogP contribution in [0, 0.1) is 0 Å². The first kappa shape index (κ1) is 10.4. The fourth-order valence-electron chi connectivity index (χ4n) is 1.94. The zero-order chi connectivity index (χ0) is 10.9. The van der Waals surface area contributed by atoms with Gasteiger partial charge in [-0.25, -0.2) is 4.79 Å². The number of hydrogen-bond donors (Lipinski definition) is 1. The predicted molar refractivity (Wildman–Crippen MR) is 59.5 cm³/mol. The highest BCUT2D eigenvalue weighted by Crippen LogP contribution is 2.48. The molecule has 0 amide bonds. The van der Waals surface area contributed by atoms with Crippen LogP contribution in [0.4, 0.5) is 0 Å². The van der Waals surface area contributed by atoms with Gasteiger partial charge in [-0.2, -0.15) is 4.99 Å². The molecule has 78 valence electrons. The molecule has 1 aromatic carbocycles. The normalized spacial score (nSPS) is 17.7. The molecule has 1 saturated carbocycles. The molecule has 1 aromatic rings. The number of halogens is 1. The summed E-state index contributed by atoms with van der Waals surface area (Å²) in [5.41, 5.74) is 0.201. The van der Waals surface area contributed by atoms with Gasteiger partial charge in [0.15, 0.2) is 0 Å². The summed E-state index contributed by atoms with van der Waals surface area (Å²) < 4.78 is 0.813. The second-order valence-electron chi connectivity index (χ2n) is 3.75. The molecular formula is C11H10BrNO2. The summed E-state index contributed by atoms with van der Waals surface area (Å²) in [4.78, 5) is 14.2. The Morgan fingerprint density at radius 2 is 2.20 bits per heavy atom. The number of hydrogen-bond acceptors (Lipinski definition) is 3. The van der Waals surface area contributed by atoms with E-state index in [1.165, 1.54) is 0 Å². The van der Waals surface area contributed by atoms with Gasteiger partial charge in [-0.1, -0.05) is 22.0 Å². The molecule has 1 aliphatic rings. The van der Waals surface area contributed by atoms with E-state index in [-0.39, 0.29) is 5.75 Å². The van der Waals surface area contributed by atoms with Crippen molar-refractivity contribution in [2.75, 3.05) is 0 Å². The highest BCUT2D eigenvalue weighted by molar-refractivity contribution is 9.10. The summed E-state index contributed by atoms with van der Waals surface area (Å²) in [6.45, 7) is 0. The third kappa shape index (κ3) is 1.71. The molecule has 1 fully saturated rings. The fourth-order valence-corrected chi connectivity index (χ4v) is 2.29. The van der Waals surface area contributed by atoms with Crippen LogP contribution in [-0.4, -0.2) is 11.2 Å². The van der Waals surface area contributed by atoms with Gasteiger partial charge in [0.1, 0.15) is 11.3 Å². The monoisotopic (exact) mass is 267 g/mol. The summed E-state index contributed by atoms with van der Waals surface area (Å²) in [7, 11) is 0.